The van der Waals surface area contributed by atoms with E-state index in [-0.39, 0.29) is 33.6 Å². The lowest BCUT2D eigenvalue weighted by atomic mass is 10.2. The Kier molecular flexibility index (Phi) is 5.31. The molecule has 0 aliphatic rings. The number of ether oxygens (including phenoxy) is 1. The van der Waals surface area contributed by atoms with Crippen LogP contribution in [0.15, 0.2) is 47.5 Å². The Labute approximate surface area is 177 Å². The second-order valence-electron chi connectivity index (χ2n) is 6.41. The predicted octanol–water partition coefficient (Wildman–Crippen LogP) is 3.93. The number of aryl methyl sites for hydroxylation is 1. The fraction of sp³-hybridized carbons (Fsp3) is 0.100. The van der Waals surface area contributed by atoms with E-state index in [1.807, 2.05) is 6.07 Å². The zero-order valence-corrected chi connectivity index (χ0v) is 16.7. The summed E-state index contributed by atoms with van der Waals surface area (Å²) in [6.07, 6.45) is 1.15. The number of benzene rings is 2. The van der Waals surface area contributed by atoms with Gasteiger partial charge in [-0.25, -0.2) is 22.9 Å². The van der Waals surface area contributed by atoms with Crippen LogP contribution in [0.2, 0.25) is 0 Å². The molecule has 2 heterocycles. The van der Waals surface area contributed by atoms with Crippen LogP contribution in [0, 0.1) is 35.7 Å². The van der Waals surface area contributed by atoms with Gasteiger partial charge in [-0.2, -0.15) is 15.0 Å². The standard InChI is InChI=1S/C20H12F3N5O2S/c1-11-19(31-18(8-24)26-11)30-17-5-3-14(7-16(17)23)28-20(29)27(10-25-28)9-12-6-13(21)2-4-15(12)22/h2-7,10H,9H2,1H3. The number of nitriles is 1. The summed E-state index contributed by atoms with van der Waals surface area (Å²) in [7, 11) is 0. The van der Waals surface area contributed by atoms with E-state index in [1.54, 1.807) is 6.92 Å². The number of hydrogen-bond donors (Lipinski definition) is 0. The lowest BCUT2D eigenvalue weighted by Gasteiger charge is -2.07. The molecule has 0 fully saturated rings. The summed E-state index contributed by atoms with van der Waals surface area (Å²) in [5.41, 5.74) is -0.112. The van der Waals surface area contributed by atoms with Gasteiger partial charge in [0.15, 0.2) is 16.6 Å². The number of halogens is 3. The molecule has 0 N–H and O–H groups in total. The molecular formula is C20H12F3N5O2S. The van der Waals surface area contributed by atoms with E-state index in [1.165, 1.54) is 12.1 Å². The van der Waals surface area contributed by atoms with E-state index < -0.39 is 23.1 Å². The van der Waals surface area contributed by atoms with E-state index in [4.69, 9.17) is 10.00 Å². The van der Waals surface area contributed by atoms with E-state index in [0.717, 1.165) is 51.2 Å². The molecule has 2 aromatic carbocycles. The van der Waals surface area contributed by atoms with Gasteiger partial charge in [-0.3, -0.25) is 4.57 Å². The van der Waals surface area contributed by atoms with Gasteiger partial charge in [0.2, 0.25) is 5.06 Å². The third-order valence-corrected chi connectivity index (χ3v) is 5.23. The minimum Gasteiger partial charge on any atom is -0.442 e. The van der Waals surface area contributed by atoms with Gasteiger partial charge >= 0.3 is 5.69 Å². The molecule has 0 saturated carbocycles. The molecule has 7 nitrogen and oxygen atoms in total. The van der Waals surface area contributed by atoms with Crippen molar-refractivity contribution in [2.24, 2.45) is 0 Å². The van der Waals surface area contributed by atoms with Crippen LogP contribution in [0.3, 0.4) is 0 Å². The van der Waals surface area contributed by atoms with Crippen molar-refractivity contribution >= 4 is 11.3 Å². The fourth-order valence-corrected chi connectivity index (χ4v) is 3.53. The van der Waals surface area contributed by atoms with Crippen molar-refractivity contribution in [1.82, 2.24) is 19.3 Å². The molecule has 156 valence electrons. The zero-order valence-electron chi connectivity index (χ0n) is 15.8. The minimum absolute atomic E-state index is 0.0201. The first-order valence-electron chi connectivity index (χ1n) is 8.79. The summed E-state index contributed by atoms with van der Waals surface area (Å²) >= 11 is 0.983. The van der Waals surface area contributed by atoms with E-state index in [2.05, 4.69) is 10.1 Å². The normalized spacial score (nSPS) is 10.8. The van der Waals surface area contributed by atoms with Gasteiger partial charge in [0.25, 0.3) is 0 Å². The van der Waals surface area contributed by atoms with Crippen LogP contribution >= 0.6 is 11.3 Å². The van der Waals surface area contributed by atoms with Crippen molar-refractivity contribution in [3.63, 3.8) is 0 Å². The maximum absolute atomic E-state index is 14.6. The van der Waals surface area contributed by atoms with Gasteiger partial charge in [0, 0.05) is 11.6 Å². The Bertz CT molecular complexity index is 1390. The van der Waals surface area contributed by atoms with Crippen molar-refractivity contribution in [2.45, 2.75) is 13.5 Å². The summed E-state index contributed by atoms with van der Waals surface area (Å²) in [5, 5.41) is 13.3. The Morgan fingerprint density at radius 1 is 1.16 bits per heavy atom. The van der Waals surface area contributed by atoms with Crippen LogP contribution < -0.4 is 10.4 Å². The maximum atomic E-state index is 14.6. The quantitative estimate of drug-likeness (QED) is 0.467. The van der Waals surface area contributed by atoms with E-state index in [0.29, 0.717) is 5.69 Å². The summed E-state index contributed by atoms with van der Waals surface area (Å²) in [4.78, 5) is 16.6. The SMILES string of the molecule is Cc1nc(C#N)sc1Oc1ccc(-n2ncn(Cc3cc(F)ccc3F)c2=O)cc1F. The lowest BCUT2D eigenvalue weighted by Crippen LogP contribution is -2.24. The summed E-state index contributed by atoms with van der Waals surface area (Å²) < 4.78 is 49.3. The number of hydrogen-bond acceptors (Lipinski definition) is 6. The second-order valence-corrected chi connectivity index (χ2v) is 7.37. The zero-order chi connectivity index (χ0) is 22.1. The third kappa shape index (κ3) is 4.06. The van der Waals surface area contributed by atoms with Crippen LogP contribution in [-0.4, -0.2) is 19.3 Å². The number of nitrogens with zero attached hydrogens (tertiary/aromatic N) is 5. The molecule has 0 amide bonds. The van der Waals surface area contributed by atoms with Crippen molar-refractivity contribution in [3.05, 3.63) is 86.9 Å². The number of aromatic nitrogens is 4. The Balaban J connectivity index is 1.60. The summed E-state index contributed by atoms with van der Waals surface area (Å²) in [6, 6.07) is 8.62. The molecule has 0 atom stereocenters. The topological polar surface area (TPSA) is 85.7 Å². The molecule has 0 radical (unpaired) electrons. The molecule has 0 saturated heterocycles. The molecule has 4 aromatic rings. The largest absolute Gasteiger partial charge is 0.442 e. The van der Waals surface area contributed by atoms with Crippen molar-refractivity contribution in [3.8, 4) is 22.6 Å². The molecule has 0 unspecified atom stereocenters. The van der Waals surface area contributed by atoms with Gasteiger partial charge in [0.1, 0.15) is 24.0 Å². The summed E-state index contributed by atoms with van der Waals surface area (Å²) in [5.74, 6) is -2.17. The fourth-order valence-electron chi connectivity index (χ4n) is 2.80. The van der Waals surface area contributed by atoms with Crippen molar-refractivity contribution < 1.29 is 17.9 Å². The average Bonchev–Trinajstić information content (AvgIpc) is 3.28. The predicted molar refractivity (Wildman–Crippen MR) is 105 cm³/mol. The van der Waals surface area contributed by atoms with Gasteiger partial charge < -0.3 is 4.74 Å². The molecular weight excluding hydrogens is 431 g/mol. The molecule has 0 aliphatic carbocycles. The van der Waals surface area contributed by atoms with Gasteiger partial charge in [-0.15, -0.1) is 0 Å². The molecule has 0 spiro atoms. The molecule has 4 rings (SSSR count). The Morgan fingerprint density at radius 3 is 2.68 bits per heavy atom. The van der Waals surface area contributed by atoms with E-state index in [9.17, 15) is 18.0 Å². The van der Waals surface area contributed by atoms with Crippen molar-refractivity contribution in [1.29, 1.82) is 5.26 Å². The molecule has 11 heteroatoms. The van der Waals surface area contributed by atoms with Gasteiger partial charge in [-0.05, 0) is 37.3 Å². The van der Waals surface area contributed by atoms with Crippen LogP contribution in [0.4, 0.5) is 13.2 Å². The van der Waals surface area contributed by atoms with Crippen LogP contribution in [-0.2, 0) is 6.54 Å². The highest BCUT2D eigenvalue weighted by Gasteiger charge is 2.15. The monoisotopic (exact) mass is 443 g/mol. The van der Waals surface area contributed by atoms with E-state index >= 15 is 0 Å². The van der Waals surface area contributed by atoms with Crippen LogP contribution in [0.5, 0.6) is 10.8 Å². The first kappa shape index (κ1) is 20.4. The average molecular weight is 443 g/mol. The Morgan fingerprint density at radius 2 is 1.97 bits per heavy atom. The maximum Gasteiger partial charge on any atom is 0.350 e. The van der Waals surface area contributed by atoms with Crippen molar-refractivity contribution in [2.75, 3.05) is 0 Å². The molecule has 0 bridgehead atoms. The molecule has 31 heavy (non-hydrogen) atoms. The number of thiazole rings is 1. The van der Waals surface area contributed by atoms with Crippen LogP contribution in [0.1, 0.15) is 16.3 Å². The smallest absolute Gasteiger partial charge is 0.350 e. The van der Waals surface area contributed by atoms with Crippen LogP contribution in [0.25, 0.3) is 5.69 Å². The second kappa shape index (κ2) is 8.08. The lowest BCUT2D eigenvalue weighted by molar-refractivity contribution is 0.448. The minimum atomic E-state index is -0.763. The molecule has 0 aliphatic heterocycles. The highest BCUT2D eigenvalue weighted by molar-refractivity contribution is 7.14. The number of rotatable bonds is 5. The molecule has 2 aromatic heterocycles. The first-order valence-corrected chi connectivity index (χ1v) is 9.61. The highest BCUT2D eigenvalue weighted by atomic mass is 32.1. The van der Waals surface area contributed by atoms with Gasteiger partial charge in [-0.1, -0.05) is 11.3 Å². The highest BCUT2D eigenvalue weighted by Crippen LogP contribution is 2.33. The third-order valence-electron chi connectivity index (χ3n) is 4.29. The van der Waals surface area contributed by atoms with Gasteiger partial charge in [0.05, 0.1) is 17.9 Å². The summed E-state index contributed by atoms with van der Waals surface area (Å²) in [6.45, 7) is 1.39. The first-order chi connectivity index (χ1) is 14.9. The Hall–Kier alpha value is -3.91.